The molecule has 446 valence electrons. The SMILES string of the molecule is CC/C=C\C/C=C\C/C=C\C/C=C\C/C=C\C/C=C\C/C=C\C/C=C\C/C=C\C/C=C\CCCCCCC(=O)OCC(COC(=O)CCCCCCC/C=C\CCCC)OC(=O)CCCCCCC/C=C\CCCCCCCC. The molecule has 1 atom stereocenters. The predicted molar refractivity (Wildman–Crippen MR) is 343 cm³/mol. The van der Waals surface area contributed by atoms with Crippen LogP contribution in [-0.2, 0) is 28.6 Å². The van der Waals surface area contributed by atoms with Gasteiger partial charge in [-0.05, 0) is 141 Å². The van der Waals surface area contributed by atoms with Gasteiger partial charge in [-0.15, -0.1) is 0 Å². The van der Waals surface area contributed by atoms with Crippen LogP contribution in [0.2, 0.25) is 0 Å². The van der Waals surface area contributed by atoms with Crippen molar-refractivity contribution in [3.8, 4) is 0 Å². The molecular weight excluding hydrogens is 973 g/mol. The fraction of sp³-hybridized carbons (Fsp3) is 0.630. The zero-order valence-corrected chi connectivity index (χ0v) is 51.1. The third kappa shape index (κ3) is 64.0. The van der Waals surface area contributed by atoms with Crippen molar-refractivity contribution in [3.05, 3.63) is 146 Å². The summed E-state index contributed by atoms with van der Waals surface area (Å²) in [6.07, 6.45) is 94.3. The summed E-state index contributed by atoms with van der Waals surface area (Å²) in [7, 11) is 0. The Morgan fingerprint density at radius 2 is 0.506 bits per heavy atom. The van der Waals surface area contributed by atoms with Crippen molar-refractivity contribution in [3.63, 3.8) is 0 Å². The van der Waals surface area contributed by atoms with Crippen LogP contribution >= 0.6 is 0 Å². The highest BCUT2D eigenvalue weighted by Gasteiger charge is 2.19. The molecule has 0 aromatic carbocycles. The largest absolute Gasteiger partial charge is 0.462 e. The van der Waals surface area contributed by atoms with Crippen LogP contribution < -0.4 is 0 Å². The van der Waals surface area contributed by atoms with E-state index in [0.717, 1.165) is 161 Å². The lowest BCUT2D eigenvalue weighted by atomic mass is 10.1. The van der Waals surface area contributed by atoms with Crippen molar-refractivity contribution in [2.45, 2.75) is 284 Å². The minimum Gasteiger partial charge on any atom is -0.462 e. The third-order valence-corrected chi connectivity index (χ3v) is 13.3. The number of hydrogen-bond acceptors (Lipinski definition) is 6. The molecule has 0 saturated heterocycles. The molecule has 0 rings (SSSR count). The summed E-state index contributed by atoms with van der Waals surface area (Å²) in [5, 5.41) is 0. The zero-order chi connectivity index (χ0) is 57.1. The van der Waals surface area contributed by atoms with Crippen molar-refractivity contribution >= 4 is 17.9 Å². The predicted octanol–water partition coefficient (Wildman–Crippen LogP) is 22.3. The van der Waals surface area contributed by atoms with Gasteiger partial charge < -0.3 is 14.2 Å². The van der Waals surface area contributed by atoms with Crippen molar-refractivity contribution in [1.29, 1.82) is 0 Å². The summed E-state index contributed by atoms with van der Waals surface area (Å²) < 4.78 is 16.8. The highest BCUT2D eigenvalue weighted by Crippen LogP contribution is 2.14. The molecule has 0 aliphatic carbocycles. The van der Waals surface area contributed by atoms with Gasteiger partial charge in [0.2, 0.25) is 0 Å². The number of carbonyl (C=O) groups excluding carboxylic acids is 3. The normalized spacial score (nSPS) is 13.1. The first-order chi connectivity index (χ1) is 39.0. The van der Waals surface area contributed by atoms with Gasteiger partial charge in [-0.25, -0.2) is 0 Å². The number of carbonyl (C=O) groups is 3. The van der Waals surface area contributed by atoms with E-state index in [9.17, 15) is 14.4 Å². The van der Waals surface area contributed by atoms with E-state index in [1.54, 1.807) is 0 Å². The van der Waals surface area contributed by atoms with Gasteiger partial charge >= 0.3 is 17.9 Å². The van der Waals surface area contributed by atoms with Gasteiger partial charge in [0.1, 0.15) is 13.2 Å². The van der Waals surface area contributed by atoms with Gasteiger partial charge in [0, 0.05) is 19.3 Å². The van der Waals surface area contributed by atoms with E-state index in [1.165, 1.54) is 77.0 Å². The summed E-state index contributed by atoms with van der Waals surface area (Å²) in [4.78, 5) is 38.2. The van der Waals surface area contributed by atoms with E-state index in [0.29, 0.717) is 19.3 Å². The quantitative estimate of drug-likeness (QED) is 0.0261. The second-order valence-electron chi connectivity index (χ2n) is 20.9. The molecule has 0 aromatic heterocycles. The minimum atomic E-state index is -0.801. The monoisotopic (exact) mass is 1090 g/mol. The molecule has 0 saturated carbocycles. The Bertz CT molecular complexity index is 1730. The summed E-state index contributed by atoms with van der Waals surface area (Å²) in [6.45, 7) is 6.44. The Morgan fingerprint density at radius 3 is 0.823 bits per heavy atom. The molecule has 0 spiro atoms. The van der Waals surface area contributed by atoms with Crippen molar-refractivity contribution in [1.82, 2.24) is 0 Å². The molecule has 0 radical (unpaired) electrons. The standard InChI is InChI=1S/C73H118O6/c1-4-7-10-13-16-19-22-24-26-27-28-29-30-31-32-33-34-35-36-37-38-39-40-41-42-43-44-45-47-48-51-54-57-60-63-66-72(75)78-69-70(68-77-71(74)65-62-59-56-53-50-21-18-15-12-9-6-3)79-73(76)67-64-61-58-55-52-49-46-25-23-20-17-14-11-8-5-2/h7,10,15-16,18-19,24-26,28-29,31-32,34-35,37-38,40-41,43-44,46-48,70H,4-6,8-9,11-14,17,20-23,27,30,33,36,39,42,45,49-69H2,1-3H3/b10-7-,18-15-,19-16-,26-24-,29-28-,32-31-,35-34-,38-37-,41-40-,44-43-,46-25-,48-47-. The summed E-state index contributed by atoms with van der Waals surface area (Å²) in [6, 6.07) is 0. The Hall–Kier alpha value is -4.71. The van der Waals surface area contributed by atoms with Crippen LogP contribution in [-0.4, -0.2) is 37.2 Å². The zero-order valence-electron chi connectivity index (χ0n) is 51.1. The number of unbranched alkanes of at least 4 members (excludes halogenated alkanes) is 22. The molecule has 0 heterocycles. The molecule has 0 aliphatic rings. The molecule has 6 nitrogen and oxygen atoms in total. The van der Waals surface area contributed by atoms with Crippen molar-refractivity contribution in [2.75, 3.05) is 13.2 Å². The van der Waals surface area contributed by atoms with Crippen LogP contribution in [0.5, 0.6) is 0 Å². The average Bonchev–Trinajstić information content (AvgIpc) is 3.45. The molecule has 79 heavy (non-hydrogen) atoms. The Labute approximate surface area is 487 Å². The van der Waals surface area contributed by atoms with Gasteiger partial charge in [-0.3, -0.25) is 14.4 Å². The second kappa shape index (κ2) is 65.8. The van der Waals surface area contributed by atoms with E-state index < -0.39 is 6.10 Å². The van der Waals surface area contributed by atoms with E-state index in [2.05, 4.69) is 167 Å². The third-order valence-electron chi connectivity index (χ3n) is 13.3. The van der Waals surface area contributed by atoms with Crippen molar-refractivity contribution < 1.29 is 28.6 Å². The first-order valence-electron chi connectivity index (χ1n) is 32.3. The number of ether oxygens (including phenoxy) is 3. The summed E-state index contributed by atoms with van der Waals surface area (Å²) in [5.41, 5.74) is 0. The van der Waals surface area contributed by atoms with Gasteiger partial charge in [0.25, 0.3) is 0 Å². The number of esters is 3. The van der Waals surface area contributed by atoms with Gasteiger partial charge in [-0.1, -0.05) is 263 Å². The van der Waals surface area contributed by atoms with Crippen LogP contribution in [0, 0.1) is 0 Å². The van der Waals surface area contributed by atoms with Gasteiger partial charge in [0.15, 0.2) is 6.10 Å². The van der Waals surface area contributed by atoms with E-state index in [-0.39, 0.29) is 31.1 Å². The molecule has 1 unspecified atom stereocenters. The second-order valence-corrected chi connectivity index (χ2v) is 20.9. The van der Waals surface area contributed by atoms with Gasteiger partial charge in [0.05, 0.1) is 0 Å². The van der Waals surface area contributed by atoms with E-state index in [4.69, 9.17) is 14.2 Å². The van der Waals surface area contributed by atoms with Crippen LogP contribution in [0.1, 0.15) is 278 Å². The molecule has 0 N–H and O–H groups in total. The summed E-state index contributed by atoms with van der Waals surface area (Å²) in [5.74, 6) is -0.942. The molecule has 0 bridgehead atoms. The lowest BCUT2D eigenvalue weighted by Crippen LogP contribution is -2.30. The molecule has 0 fully saturated rings. The molecule has 0 aromatic rings. The first-order valence-corrected chi connectivity index (χ1v) is 32.3. The fourth-order valence-corrected chi connectivity index (χ4v) is 8.45. The molecule has 6 heteroatoms. The topological polar surface area (TPSA) is 78.9 Å². The smallest absolute Gasteiger partial charge is 0.306 e. The Balaban J connectivity index is 4.30. The minimum absolute atomic E-state index is 0.0971. The first kappa shape index (κ1) is 74.3. The Kier molecular flexibility index (Phi) is 61.9. The fourth-order valence-electron chi connectivity index (χ4n) is 8.45. The van der Waals surface area contributed by atoms with Crippen LogP contribution in [0.3, 0.4) is 0 Å². The van der Waals surface area contributed by atoms with Crippen molar-refractivity contribution in [2.24, 2.45) is 0 Å². The number of rotatable bonds is 57. The highest BCUT2D eigenvalue weighted by atomic mass is 16.6. The van der Waals surface area contributed by atoms with E-state index >= 15 is 0 Å². The maximum absolute atomic E-state index is 12.9. The lowest BCUT2D eigenvalue weighted by molar-refractivity contribution is -0.167. The maximum Gasteiger partial charge on any atom is 0.306 e. The average molecular weight is 1090 g/mol. The molecule has 0 amide bonds. The van der Waals surface area contributed by atoms with Crippen LogP contribution in [0.25, 0.3) is 0 Å². The van der Waals surface area contributed by atoms with Crippen LogP contribution in [0.15, 0.2) is 146 Å². The number of allylic oxidation sites excluding steroid dienone is 24. The lowest BCUT2D eigenvalue weighted by Gasteiger charge is -2.18. The van der Waals surface area contributed by atoms with Gasteiger partial charge in [-0.2, -0.15) is 0 Å². The summed E-state index contributed by atoms with van der Waals surface area (Å²) >= 11 is 0. The van der Waals surface area contributed by atoms with Crippen LogP contribution in [0.4, 0.5) is 0 Å². The van der Waals surface area contributed by atoms with E-state index in [1.807, 2.05) is 0 Å². The Morgan fingerprint density at radius 1 is 0.266 bits per heavy atom. The number of hydrogen-bond donors (Lipinski definition) is 0. The molecular formula is C73H118O6. The highest BCUT2D eigenvalue weighted by molar-refractivity contribution is 5.71. The maximum atomic E-state index is 12.9. The molecule has 0 aliphatic heterocycles.